The number of rotatable bonds is 3. The van der Waals surface area contributed by atoms with E-state index in [1.165, 1.54) is 24.3 Å². The molecule has 0 unspecified atom stereocenters. The monoisotopic (exact) mass is 358 g/mol. The Bertz CT molecular complexity index is 1090. The number of halogens is 3. The minimum atomic E-state index is -4.71. The molecule has 0 fully saturated rings. The number of aryl methyl sites for hydroxylation is 1. The Hall–Kier alpha value is -3.29. The number of benzene rings is 2. The zero-order valence-corrected chi connectivity index (χ0v) is 13.6. The van der Waals surface area contributed by atoms with Crippen LogP contribution in [0.3, 0.4) is 0 Å². The first-order chi connectivity index (χ1) is 12.4. The highest BCUT2D eigenvalue weighted by atomic mass is 19.4. The summed E-state index contributed by atoms with van der Waals surface area (Å²) >= 11 is 0. The first kappa shape index (κ1) is 16.2. The van der Waals surface area contributed by atoms with Gasteiger partial charge in [0, 0.05) is 18.1 Å². The Labute approximate surface area is 146 Å². The summed E-state index contributed by atoms with van der Waals surface area (Å²) < 4.78 is 42.5. The van der Waals surface area contributed by atoms with Crippen LogP contribution in [0.1, 0.15) is 5.56 Å². The summed E-state index contributed by atoms with van der Waals surface area (Å²) in [4.78, 5) is 8.91. The zero-order chi connectivity index (χ0) is 18.3. The summed E-state index contributed by atoms with van der Waals surface area (Å²) in [5.74, 6) is 0.229. The number of ether oxygens (including phenoxy) is 1. The number of hydrogen-bond acceptors (Lipinski definition) is 4. The molecule has 26 heavy (non-hydrogen) atoms. The maximum absolute atomic E-state index is 12.2. The van der Waals surface area contributed by atoms with Crippen LogP contribution in [0.4, 0.5) is 24.7 Å². The molecular formula is C18H13F3N4O. The van der Waals surface area contributed by atoms with Gasteiger partial charge in [-0.15, -0.1) is 13.2 Å². The second kappa shape index (κ2) is 5.91. The fourth-order valence-electron chi connectivity index (χ4n) is 2.72. The molecule has 132 valence electrons. The number of nitrogens with zero attached hydrogens (tertiary/aromatic N) is 3. The summed E-state index contributed by atoms with van der Waals surface area (Å²) in [5.41, 5.74) is 4.01. The lowest BCUT2D eigenvalue weighted by Gasteiger charge is -2.12. The van der Waals surface area contributed by atoms with Crippen LogP contribution in [0, 0.1) is 6.92 Å². The largest absolute Gasteiger partial charge is 0.573 e. The number of imidazole rings is 1. The van der Waals surface area contributed by atoms with Crippen molar-refractivity contribution in [2.45, 2.75) is 13.3 Å². The van der Waals surface area contributed by atoms with E-state index in [1.807, 2.05) is 35.7 Å². The van der Waals surface area contributed by atoms with Crippen molar-refractivity contribution >= 4 is 28.2 Å². The molecule has 0 saturated carbocycles. The van der Waals surface area contributed by atoms with Crippen LogP contribution in [-0.2, 0) is 0 Å². The molecule has 0 aliphatic carbocycles. The molecule has 1 N–H and O–H groups in total. The van der Waals surface area contributed by atoms with Gasteiger partial charge >= 0.3 is 6.36 Å². The molecule has 0 spiro atoms. The average Bonchev–Trinajstić information content (AvgIpc) is 3.06. The maximum atomic E-state index is 12.2. The topological polar surface area (TPSA) is 51.5 Å². The molecule has 0 aliphatic rings. The molecule has 2 aromatic carbocycles. The lowest BCUT2D eigenvalue weighted by Crippen LogP contribution is -2.16. The Morgan fingerprint density at radius 1 is 1.08 bits per heavy atom. The molecule has 0 bridgehead atoms. The van der Waals surface area contributed by atoms with Crippen LogP contribution in [0.5, 0.6) is 5.75 Å². The van der Waals surface area contributed by atoms with Crippen LogP contribution >= 0.6 is 0 Å². The van der Waals surface area contributed by atoms with E-state index in [4.69, 9.17) is 0 Å². The van der Waals surface area contributed by atoms with Gasteiger partial charge in [-0.1, -0.05) is 6.07 Å². The van der Waals surface area contributed by atoms with E-state index < -0.39 is 6.36 Å². The fourth-order valence-corrected chi connectivity index (χ4v) is 2.72. The lowest BCUT2D eigenvalue weighted by molar-refractivity contribution is -0.274. The molecule has 0 radical (unpaired) electrons. The van der Waals surface area contributed by atoms with Crippen molar-refractivity contribution < 1.29 is 17.9 Å². The summed E-state index contributed by atoms with van der Waals surface area (Å²) in [7, 11) is 0. The molecule has 5 nitrogen and oxygen atoms in total. The van der Waals surface area contributed by atoms with Gasteiger partial charge in [0.05, 0.1) is 11.0 Å². The predicted octanol–water partition coefficient (Wildman–Crippen LogP) is 4.83. The minimum absolute atomic E-state index is 0.282. The van der Waals surface area contributed by atoms with Crippen molar-refractivity contribution in [1.29, 1.82) is 0 Å². The van der Waals surface area contributed by atoms with Gasteiger partial charge in [-0.3, -0.25) is 4.40 Å². The summed E-state index contributed by atoms with van der Waals surface area (Å²) in [6.45, 7) is 2.00. The average molecular weight is 358 g/mol. The smallest absolute Gasteiger partial charge is 0.406 e. The maximum Gasteiger partial charge on any atom is 0.573 e. The molecular weight excluding hydrogens is 345 g/mol. The Morgan fingerprint density at radius 2 is 1.85 bits per heavy atom. The van der Waals surface area contributed by atoms with Crippen molar-refractivity contribution in [3.8, 4) is 5.75 Å². The molecule has 4 rings (SSSR count). The fraction of sp³-hybridized carbons (Fsp3) is 0.111. The first-order valence-corrected chi connectivity index (χ1v) is 7.75. The van der Waals surface area contributed by atoms with Crippen LogP contribution in [0.15, 0.2) is 54.9 Å². The van der Waals surface area contributed by atoms with E-state index in [-0.39, 0.29) is 5.75 Å². The number of anilines is 2. The van der Waals surface area contributed by atoms with Gasteiger partial charge in [0.25, 0.3) is 0 Å². The Balaban J connectivity index is 1.70. The van der Waals surface area contributed by atoms with Crippen molar-refractivity contribution in [3.63, 3.8) is 0 Å². The van der Waals surface area contributed by atoms with Crippen molar-refractivity contribution in [1.82, 2.24) is 14.4 Å². The molecule has 0 amide bonds. The third-order valence-electron chi connectivity index (χ3n) is 3.83. The highest BCUT2D eigenvalue weighted by Crippen LogP contribution is 2.27. The van der Waals surface area contributed by atoms with Gasteiger partial charge in [-0.2, -0.15) is 0 Å². The summed E-state index contributed by atoms with van der Waals surface area (Å²) in [6.07, 6.45) is -1.20. The predicted molar refractivity (Wildman–Crippen MR) is 91.6 cm³/mol. The summed E-state index contributed by atoms with van der Waals surface area (Å²) in [6, 6.07) is 11.3. The number of hydrogen-bond donors (Lipinski definition) is 1. The number of alkyl halides is 3. The van der Waals surface area contributed by atoms with Crippen molar-refractivity contribution in [3.05, 3.63) is 60.4 Å². The second-order valence-corrected chi connectivity index (χ2v) is 5.77. The highest BCUT2D eigenvalue weighted by Gasteiger charge is 2.30. The highest BCUT2D eigenvalue weighted by molar-refractivity contribution is 5.84. The third-order valence-corrected chi connectivity index (χ3v) is 3.83. The van der Waals surface area contributed by atoms with Gasteiger partial charge < -0.3 is 10.1 Å². The first-order valence-electron chi connectivity index (χ1n) is 7.75. The van der Waals surface area contributed by atoms with Gasteiger partial charge in [0.2, 0.25) is 0 Å². The third kappa shape index (κ3) is 3.13. The SMILES string of the molecule is Cc1ccc2nc(Nc3ccc(OC(F)(F)F)cc3)c3nccn3c2c1. The Kier molecular flexibility index (Phi) is 3.68. The Morgan fingerprint density at radius 3 is 2.58 bits per heavy atom. The van der Waals surface area contributed by atoms with E-state index in [9.17, 15) is 13.2 Å². The van der Waals surface area contributed by atoms with Gasteiger partial charge in [0.1, 0.15) is 5.75 Å². The second-order valence-electron chi connectivity index (χ2n) is 5.77. The molecule has 0 atom stereocenters. The van der Waals surface area contributed by atoms with E-state index in [0.29, 0.717) is 17.2 Å². The molecule has 8 heteroatoms. The van der Waals surface area contributed by atoms with Crippen molar-refractivity contribution in [2.75, 3.05) is 5.32 Å². The van der Waals surface area contributed by atoms with E-state index >= 15 is 0 Å². The normalized spacial score (nSPS) is 11.8. The van der Waals surface area contributed by atoms with Crippen LogP contribution in [0.25, 0.3) is 16.7 Å². The van der Waals surface area contributed by atoms with Crippen molar-refractivity contribution in [2.24, 2.45) is 0 Å². The number of nitrogens with one attached hydrogen (secondary N) is 1. The van der Waals surface area contributed by atoms with Gasteiger partial charge in [0.15, 0.2) is 11.5 Å². The quantitative estimate of drug-likeness (QED) is 0.570. The standard InChI is InChI=1S/C18H13F3N4O/c1-11-2-7-14-15(10-11)25-9-8-22-17(25)16(24-14)23-12-3-5-13(6-4-12)26-18(19,20)21/h2-10H,1H3,(H,23,24). The van der Waals surface area contributed by atoms with E-state index in [0.717, 1.165) is 16.6 Å². The molecule has 2 heterocycles. The molecule has 4 aromatic rings. The molecule has 0 aliphatic heterocycles. The minimum Gasteiger partial charge on any atom is -0.406 e. The number of fused-ring (bicyclic) bond motifs is 3. The van der Waals surface area contributed by atoms with Crippen LogP contribution in [0.2, 0.25) is 0 Å². The molecule has 0 saturated heterocycles. The van der Waals surface area contributed by atoms with Crippen LogP contribution in [-0.4, -0.2) is 20.7 Å². The zero-order valence-electron chi connectivity index (χ0n) is 13.6. The van der Waals surface area contributed by atoms with Crippen LogP contribution < -0.4 is 10.1 Å². The lowest BCUT2D eigenvalue weighted by atomic mass is 10.2. The van der Waals surface area contributed by atoms with E-state index in [1.54, 1.807) is 6.20 Å². The van der Waals surface area contributed by atoms with Gasteiger partial charge in [-0.05, 0) is 48.9 Å². The number of aromatic nitrogens is 3. The van der Waals surface area contributed by atoms with E-state index in [2.05, 4.69) is 20.0 Å². The summed E-state index contributed by atoms with van der Waals surface area (Å²) in [5, 5.41) is 3.10. The van der Waals surface area contributed by atoms with Gasteiger partial charge in [-0.25, -0.2) is 9.97 Å². The molecule has 2 aromatic heterocycles.